The van der Waals surface area contributed by atoms with Crippen LogP contribution in [0.5, 0.6) is 0 Å². The number of carboxylic acid groups (broad SMARTS) is 1. The van der Waals surface area contributed by atoms with Crippen LogP contribution in [0.25, 0.3) is 0 Å². The second kappa shape index (κ2) is 5.08. The monoisotopic (exact) mass is 245 g/mol. The van der Waals surface area contributed by atoms with Crippen molar-refractivity contribution in [1.82, 2.24) is 4.90 Å². The Bertz CT molecular complexity index is 291. The molecule has 92 valence electrons. The number of carbonyl (C=O) groups excluding carboxylic acids is 1. The molecule has 1 rings (SSSR count). The highest BCUT2D eigenvalue weighted by Crippen LogP contribution is 2.28. The molecule has 1 amide bonds. The maximum atomic E-state index is 12.2. The van der Waals surface area contributed by atoms with Crippen molar-refractivity contribution in [3.8, 4) is 0 Å². The Morgan fingerprint density at radius 3 is 2.69 bits per heavy atom. The highest BCUT2D eigenvalue weighted by molar-refractivity contribution is 7.82. The molecular weight excluding hydrogens is 226 g/mol. The molecule has 16 heavy (non-hydrogen) atoms. The first-order valence-corrected chi connectivity index (χ1v) is 6.07. The summed E-state index contributed by atoms with van der Waals surface area (Å²) in [5.41, 5.74) is 0. The van der Waals surface area contributed by atoms with E-state index in [-0.39, 0.29) is 5.91 Å². The van der Waals surface area contributed by atoms with E-state index >= 15 is 0 Å². The molecule has 0 saturated carbocycles. The molecule has 2 atom stereocenters. The van der Waals surface area contributed by atoms with Crippen LogP contribution in [-0.4, -0.2) is 39.2 Å². The Balaban J connectivity index is 2.87. The molecule has 1 saturated heterocycles. The topological polar surface area (TPSA) is 57.6 Å². The lowest BCUT2D eigenvalue weighted by atomic mass is 9.97. The average molecular weight is 245 g/mol. The van der Waals surface area contributed by atoms with Gasteiger partial charge in [-0.25, -0.2) is 4.79 Å². The highest BCUT2D eigenvalue weighted by atomic mass is 32.1. The fraction of sp³-hybridized carbons (Fsp3) is 0.818. The summed E-state index contributed by atoms with van der Waals surface area (Å²) in [6.45, 7) is 3.83. The van der Waals surface area contributed by atoms with Crippen LogP contribution in [0.3, 0.4) is 0 Å². The number of likely N-dealkylation sites (tertiary alicyclic amines) is 1. The lowest BCUT2D eigenvalue weighted by Crippen LogP contribution is -2.51. The maximum Gasteiger partial charge on any atom is 0.326 e. The Morgan fingerprint density at radius 1 is 1.50 bits per heavy atom. The molecule has 0 radical (unpaired) electrons. The minimum atomic E-state index is -0.960. The van der Waals surface area contributed by atoms with Crippen LogP contribution in [0.2, 0.25) is 0 Å². The fourth-order valence-corrected chi connectivity index (χ4v) is 2.24. The summed E-state index contributed by atoms with van der Waals surface area (Å²) >= 11 is 4.37. The highest BCUT2D eigenvalue weighted by Gasteiger charge is 2.37. The molecule has 1 N–H and O–H groups in total. The molecule has 1 heterocycles. The number of thiol groups is 1. The molecule has 2 unspecified atom stereocenters. The summed E-state index contributed by atoms with van der Waals surface area (Å²) in [6, 6.07) is -0.767. The van der Waals surface area contributed by atoms with Gasteiger partial charge < -0.3 is 10.0 Å². The van der Waals surface area contributed by atoms with Gasteiger partial charge in [0.2, 0.25) is 5.91 Å². The van der Waals surface area contributed by atoms with Crippen molar-refractivity contribution in [1.29, 1.82) is 0 Å². The first-order valence-electron chi connectivity index (χ1n) is 5.62. The van der Waals surface area contributed by atoms with E-state index in [0.29, 0.717) is 13.0 Å². The molecule has 5 heteroatoms. The number of hydrogen-bond acceptors (Lipinski definition) is 3. The van der Waals surface area contributed by atoms with E-state index in [9.17, 15) is 9.59 Å². The van der Waals surface area contributed by atoms with Gasteiger partial charge in [-0.3, -0.25) is 4.79 Å². The number of carboxylic acids is 1. The van der Waals surface area contributed by atoms with Crippen LogP contribution in [-0.2, 0) is 9.59 Å². The average Bonchev–Trinajstić information content (AvgIpc) is 2.19. The first kappa shape index (κ1) is 13.4. The third-order valence-corrected chi connectivity index (χ3v) is 3.52. The van der Waals surface area contributed by atoms with Gasteiger partial charge in [-0.2, -0.15) is 12.6 Å². The second-order valence-electron chi connectivity index (χ2n) is 4.60. The van der Waals surface area contributed by atoms with Gasteiger partial charge in [-0.05, 0) is 26.7 Å². The maximum absolute atomic E-state index is 12.2. The van der Waals surface area contributed by atoms with Crippen molar-refractivity contribution in [2.24, 2.45) is 0 Å². The van der Waals surface area contributed by atoms with Crippen molar-refractivity contribution < 1.29 is 14.7 Å². The largest absolute Gasteiger partial charge is 0.480 e. The predicted molar refractivity (Wildman–Crippen MR) is 64.7 cm³/mol. The SMILES string of the molecule is CC(C(=O)O)N1CCCCCC(C)(S)C1=O. The van der Waals surface area contributed by atoms with Gasteiger partial charge in [0.1, 0.15) is 6.04 Å². The van der Waals surface area contributed by atoms with Crippen molar-refractivity contribution in [3.63, 3.8) is 0 Å². The lowest BCUT2D eigenvalue weighted by Gasteiger charge is -2.35. The number of aliphatic carboxylic acids is 1. The molecule has 0 aliphatic carbocycles. The van der Waals surface area contributed by atoms with Crippen molar-refractivity contribution >= 4 is 24.5 Å². The Hall–Kier alpha value is -0.710. The molecule has 0 aromatic rings. The van der Waals surface area contributed by atoms with Gasteiger partial charge >= 0.3 is 5.97 Å². The number of hydrogen-bond donors (Lipinski definition) is 2. The van der Waals surface area contributed by atoms with Crippen LogP contribution in [0.15, 0.2) is 0 Å². The molecule has 0 aromatic heterocycles. The molecule has 0 spiro atoms. The van der Waals surface area contributed by atoms with Crippen LogP contribution >= 0.6 is 12.6 Å². The van der Waals surface area contributed by atoms with E-state index in [1.54, 1.807) is 13.8 Å². The number of rotatable bonds is 2. The van der Waals surface area contributed by atoms with Gasteiger partial charge in [0.05, 0.1) is 4.75 Å². The summed E-state index contributed by atoms with van der Waals surface area (Å²) in [5, 5.41) is 8.97. The van der Waals surface area contributed by atoms with E-state index in [0.717, 1.165) is 19.3 Å². The Labute approximate surface area is 101 Å². The zero-order valence-electron chi connectivity index (χ0n) is 9.77. The van der Waals surface area contributed by atoms with Crippen molar-refractivity contribution in [2.45, 2.75) is 50.3 Å². The third-order valence-electron chi connectivity index (χ3n) is 3.11. The normalized spacial score (nSPS) is 29.4. The van der Waals surface area contributed by atoms with Crippen molar-refractivity contribution in [2.75, 3.05) is 6.54 Å². The van der Waals surface area contributed by atoms with Crippen molar-refractivity contribution in [3.05, 3.63) is 0 Å². The third kappa shape index (κ3) is 2.90. The molecular formula is C11H19NO3S. The Kier molecular flexibility index (Phi) is 4.24. The first-order chi connectivity index (χ1) is 7.36. The summed E-state index contributed by atoms with van der Waals surface area (Å²) in [4.78, 5) is 24.5. The molecule has 1 fully saturated rings. The van der Waals surface area contributed by atoms with Crippen LogP contribution in [0.4, 0.5) is 0 Å². The summed E-state index contributed by atoms with van der Waals surface area (Å²) in [6.07, 6.45) is 3.57. The van der Waals surface area contributed by atoms with Gasteiger partial charge in [0.25, 0.3) is 0 Å². The Morgan fingerprint density at radius 2 is 2.12 bits per heavy atom. The van der Waals surface area contributed by atoms with E-state index in [1.807, 2.05) is 0 Å². The predicted octanol–water partition coefficient (Wildman–Crippen LogP) is 1.55. The van der Waals surface area contributed by atoms with Crippen LogP contribution < -0.4 is 0 Å². The fourth-order valence-electron chi connectivity index (χ4n) is 1.95. The van der Waals surface area contributed by atoms with Crippen LogP contribution in [0.1, 0.15) is 39.5 Å². The van der Waals surface area contributed by atoms with E-state index in [1.165, 1.54) is 4.90 Å². The van der Waals surface area contributed by atoms with E-state index in [2.05, 4.69) is 12.6 Å². The number of carbonyl (C=O) groups is 2. The van der Waals surface area contributed by atoms with Crippen LogP contribution in [0, 0.1) is 0 Å². The zero-order chi connectivity index (χ0) is 12.3. The molecule has 1 aliphatic heterocycles. The quantitative estimate of drug-likeness (QED) is 0.726. The van der Waals surface area contributed by atoms with E-state index < -0.39 is 16.8 Å². The zero-order valence-corrected chi connectivity index (χ0v) is 10.7. The van der Waals surface area contributed by atoms with Gasteiger partial charge in [-0.1, -0.05) is 12.8 Å². The number of nitrogens with zero attached hydrogens (tertiary/aromatic N) is 1. The summed E-state index contributed by atoms with van der Waals surface area (Å²) in [5.74, 6) is -1.12. The lowest BCUT2D eigenvalue weighted by molar-refractivity contribution is -0.150. The van der Waals surface area contributed by atoms with Gasteiger partial charge in [0, 0.05) is 6.54 Å². The smallest absolute Gasteiger partial charge is 0.326 e. The van der Waals surface area contributed by atoms with Gasteiger partial charge in [-0.15, -0.1) is 0 Å². The molecule has 4 nitrogen and oxygen atoms in total. The molecule has 1 aliphatic rings. The minimum Gasteiger partial charge on any atom is -0.480 e. The molecule has 0 bridgehead atoms. The second-order valence-corrected chi connectivity index (χ2v) is 5.58. The van der Waals surface area contributed by atoms with Gasteiger partial charge in [0.15, 0.2) is 0 Å². The number of amides is 1. The molecule has 0 aromatic carbocycles. The summed E-state index contributed by atoms with van der Waals surface area (Å²) in [7, 11) is 0. The minimum absolute atomic E-state index is 0.162. The van der Waals surface area contributed by atoms with E-state index in [4.69, 9.17) is 5.11 Å². The standard InChI is InChI=1S/C11H19NO3S/c1-8(9(13)14)12-7-5-3-4-6-11(2,16)10(12)15/h8,16H,3-7H2,1-2H3,(H,13,14). The summed E-state index contributed by atoms with van der Waals surface area (Å²) < 4.78 is -0.732.